The van der Waals surface area contributed by atoms with Gasteiger partial charge in [0.05, 0.1) is 0 Å². The van der Waals surface area contributed by atoms with E-state index in [0.29, 0.717) is 5.82 Å². The monoisotopic (exact) mass is 166 g/mol. The zero-order chi connectivity index (χ0) is 9.78. The van der Waals surface area contributed by atoms with E-state index >= 15 is 0 Å². The summed E-state index contributed by atoms with van der Waals surface area (Å²) in [5, 5.41) is 0. The molecular weight excluding hydrogens is 148 g/mol. The third kappa shape index (κ3) is 3.96. The van der Waals surface area contributed by atoms with Crippen LogP contribution in [-0.2, 0) is 0 Å². The second-order valence-electron chi connectivity index (χ2n) is 3.75. The number of aliphatic imine (C=N–C) groups is 1. The molecule has 0 atom stereocenters. The van der Waals surface area contributed by atoms with Gasteiger partial charge in [0, 0.05) is 6.21 Å². The van der Waals surface area contributed by atoms with Gasteiger partial charge in [-0.25, -0.2) is 4.99 Å². The van der Waals surface area contributed by atoms with Crippen LogP contribution in [-0.4, -0.2) is 6.21 Å². The molecule has 0 fully saturated rings. The summed E-state index contributed by atoms with van der Waals surface area (Å²) in [6.07, 6.45) is 3.47. The quantitative estimate of drug-likeness (QED) is 0.629. The molecule has 0 rings (SSSR count). The Morgan fingerprint density at radius 2 is 1.92 bits per heavy atom. The lowest BCUT2D eigenvalue weighted by Crippen LogP contribution is -2.09. The van der Waals surface area contributed by atoms with Crippen LogP contribution in [0.25, 0.3) is 0 Å². The van der Waals surface area contributed by atoms with Crippen molar-refractivity contribution in [2.75, 3.05) is 0 Å². The molecule has 0 aromatic heterocycles. The number of rotatable bonds is 2. The molecule has 0 saturated heterocycles. The van der Waals surface area contributed by atoms with Crippen LogP contribution in [0.5, 0.6) is 0 Å². The predicted octanol–water partition coefficient (Wildman–Crippen LogP) is 2.48. The zero-order valence-electron chi connectivity index (χ0n) is 8.39. The maximum Gasteiger partial charge on any atom is 0.118 e. The van der Waals surface area contributed by atoms with Crippen molar-refractivity contribution in [2.45, 2.75) is 27.7 Å². The Bertz CT molecular complexity index is 216. The van der Waals surface area contributed by atoms with Crippen molar-refractivity contribution in [2.24, 2.45) is 16.1 Å². The Kier molecular flexibility index (Phi) is 3.74. The van der Waals surface area contributed by atoms with Crippen LogP contribution < -0.4 is 5.73 Å². The Balaban J connectivity index is 4.29. The molecule has 0 saturated carbocycles. The largest absolute Gasteiger partial charge is 0.384 e. The van der Waals surface area contributed by atoms with Crippen molar-refractivity contribution in [3.63, 3.8) is 0 Å². The summed E-state index contributed by atoms with van der Waals surface area (Å²) in [5.41, 5.74) is 6.53. The van der Waals surface area contributed by atoms with Crippen molar-refractivity contribution in [1.82, 2.24) is 0 Å². The summed E-state index contributed by atoms with van der Waals surface area (Å²) in [7, 11) is 0. The molecule has 0 bridgehead atoms. The first-order chi connectivity index (χ1) is 5.38. The minimum absolute atomic E-state index is 0.0670. The molecule has 12 heavy (non-hydrogen) atoms. The van der Waals surface area contributed by atoms with Gasteiger partial charge in [0.1, 0.15) is 5.82 Å². The number of hydrogen-bond acceptors (Lipinski definition) is 2. The van der Waals surface area contributed by atoms with Crippen LogP contribution >= 0.6 is 0 Å². The Morgan fingerprint density at radius 1 is 1.42 bits per heavy atom. The SMILES string of the molecule is C=C(/C=N\C(N)=C/C)C(C)(C)C. The number of allylic oxidation sites excluding steroid dienone is 2. The fourth-order valence-corrected chi connectivity index (χ4v) is 0.421. The highest BCUT2D eigenvalue weighted by atomic mass is 14.9. The van der Waals surface area contributed by atoms with Crippen LogP contribution in [0.1, 0.15) is 27.7 Å². The van der Waals surface area contributed by atoms with Gasteiger partial charge < -0.3 is 5.73 Å². The minimum Gasteiger partial charge on any atom is -0.384 e. The summed E-state index contributed by atoms with van der Waals surface area (Å²) < 4.78 is 0. The second kappa shape index (κ2) is 4.10. The second-order valence-corrected chi connectivity index (χ2v) is 3.75. The summed E-state index contributed by atoms with van der Waals surface area (Å²) in [6.45, 7) is 12.0. The van der Waals surface area contributed by atoms with E-state index in [1.807, 2.05) is 6.92 Å². The van der Waals surface area contributed by atoms with E-state index in [4.69, 9.17) is 5.73 Å². The first-order valence-corrected chi connectivity index (χ1v) is 4.03. The van der Waals surface area contributed by atoms with Gasteiger partial charge in [-0.15, -0.1) is 0 Å². The van der Waals surface area contributed by atoms with Crippen molar-refractivity contribution in [3.05, 3.63) is 24.0 Å². The first kappa shape index (κ1) is 11.0. The van der Waals surface area contributed by atoms with E-state index in [2.05, 4.69) is 32.3 Å². The Labute approximate surface area is 74.9 Å². The van der Waals surface area contributed by atoms with Crippen LogP contribution in [0.4, 0.5) is 0 Å². The van der Waals surface area contributed by atoms with Crippen LogP contribution in [0.2, 0.25) is 0 Å². The number of hydrogen-bond donors (Lipinski definition) is 1. The number of nitrogens with zero attached hydrogens (tertiary/aromatic N) is 1. The molecule has 0 aliphatic heterocycles. The Morgan fingerprint density at radius 3 is 2.25 bits per heavy atom. The molecule has 0 aliphatic carbocycles. The number of nitrogens with two attached hydrogens (primary N) is 1. The third-order valence-electron chi connectivity index (χ3n) is 1.63. The summed E-state index contributed by atoms with van der Waals surface area (Å²) >= 11 is 0. The van der Waals surface area contributed by atoms with Crippen molar-refractivity contribution < 1.29 is 0 Å². The maximum atomic E-state index is 5.49. The molecule has 2 heteroatoms. The van der Waals surface area contributed by atoms with Gasteiger partial charge in [-0.3, -0.25) is 0 Å². The average molecular weight is 166 g/mol. The molecular formula is C10H18N2. The molecule has 0 amide bonds. The van der Waals surface area contributed by atoms with E-state index in [9.17, 15) is 0 Å². The van der Waals surface area contributed by atoms with Gasteiger partial charge in [-0.2, -0.15) is 0 Å². The van der Waals surface area contributed by atoms with Gasteiger partial charge in [0.15, 0.2) is 0 Å². The van der Waals surface area contributed by atoms with Gasteiger partial charge >= 0.3 is 0 Å². The van der Waals surface area contributed by atoms with E-state index in [1.54, 1.807) is 12.3 Å². The lowest BCUT2D eigenvalue weighted by molar-refractivity contribution is 0.528. The van der Waals surface area contributed by atoms with Gasteiger partial charge in [-0.05, 0) is 24.0 Å². The van der Waals surface area contributed by atoms with E-state index in [1.165, 1.54) is 0 Å². The fourth-order valence-electron chi connectivity index (χ4n) is 0.421. The van der Waals surface area contributed by atoms with Gasteiger partial charge in [-0.1, -0.05) is 27.4 Å². The lowest BCUT2D eigenvalue weighted by Gasteiger charge is -2.17. The Hall–Kier alpha value is -1.05. The van der Waals surface area contributed by atoms with Crippen molar-refractivity contribution in [1.29, 1.82) is 0 Å². The minimum atomic E-state index is 0.0670. The standard InChI is InChI=1S/C10H18N2/c1-6-9(11)12-7-8(2)10(3,4)5/h6-7H,2,11H2,1,3-5H3/b9-6-,12-7-. The molecule has 0 aliphatic rings. The van der Waals surface area contributed by atoms with Crippen molar-refractivity contribution in [3.8, 4) is 0 Å². The van der Waals surface area contributed by atoms with E-state index in [-0.39, 0.29) is 5.41 Å². The molecule has 0 unspecified atom stereocenters. The van der Waals surface area contributed by atoms with Gasteiger partial charge in [0.2, 0.25) is 0 Å². The van der Waals surface area contributed by atoms with E-state index < -0.39 is 0 Å². The molecule has 2 nitrogen and oxygen atoms in total. The normalized spacial score (nSPS) is 13.8. The topological polar surface area (TPSA) is 38.4 Å². The highest BCUT2D eigenvalue weighted by Crippen LogP contribution is 2.21. The molecule has 0 aromatic carbocycles. The van der Waals surface area contributed by atoms with Gasteiger partial charge in [0.25, 0.3) is 0 Å². The summed E-state index contributed by atoms with van der Waals surface area (Å²) in [4.78, 5) is 4.02. The maximum absolute atomic E-state index is 5.49. The fraction of sp³-hybridized carbons (Fsp3) is 0.500. The lowest BCUT2D eigenvalue weighted by atomic mass is 9.88. The summed E-state index contributed by atoms with van der Waals surface area (Å²) in [6, 6.07) is 0. The van der Waals surface area contributed by atoms with Crippen LogP contribution in [0.3, 0.4) is 0 Å². The van der Waals surface area contributed by atoms with Crippen molar-refractivity contribution >= 4 is 6.21 Å². The zero-order valence-corrected chi connectivity index (χ0v) is 8.39. The molecule has 0 radical (unpaired) electrons. The van der Waals surface area contributed by atoms with E-state index in [0.717, 1.165) is 5.57 Å². The van der Waals surface area contributed by atoms with Crippen LogP contribution in [0.15, 0.2) is 29.0 Å². The van der Waals surface area contributed by atoms with Crippen LogP contribution in [0, 0.1) is 5.41 Å². The molecule has 68 valence electrons. The first-order valence-electron chi connectivity index (χ1n) is 4.03. The smallest absolute Gasteiger partial charge is 0.118 e. The highest BCUT2D eigenvalue weighted by Gasteiger charge is 2.12. The predicted molar refractivity (Wildman–Crippen MR) is 55.0 cm³/mol. The highest BCUT2D eigenvalue weighted by molar-refractivity contribution is 5.79. The average Bonchev–Trinajstić information content (AvgIpc) is 1.97. The molecule has 0 heterocycles. The molecule has 0 aromatic rings. The third-order valence-corrected chi connectivity index (χ3v) is 1.63. The molecule has 0 spiro atoms. The molecule has 2 N–H and O–H groups in total. The summed E-state index contributed by atoms with van der Waals surface area (Å²) in [5.74, 6) is 0.528.